The Balaban J connectivity index is 1.82. The number of likely N-dealkylation sites (tertiary alicyclic amines) is 1. The Morgan fingerprint density at radius 3 is 2.45 bits per heavy atom. The highest BCUT2D eigenvalue weighted by molar-refractivity contribution is 5.88. The molecule has 1 atom stereocenters. The second-order valence-corrected chi connectivity index (χ2v) is 5.58. The van der Waals surface area contributed by atoms with E-state index in [0.717, 1.165) is 37.2 Å². The number of carbonyl (C=O) groups is 2. The maximum absolute atomic E-state index is 12.1. The Kier molecular flexibility index (Phi) is 5.81. The second kappa shape index (κ2) is 7.82. The Labute approximate surface area is 131 Å². The van der Waals surface area contributed by atoms with Gasteiger partial charge in [-0.3, -0.25) is 9.59 Å². The Morgan fingerprint density at radius 1 is 1.23 bits per heavy atom. The van der Waals surface area contributed by atoms with Crippen molar-refractivity contribution < 1.29 is 14.3 Å². The summed E-state index contributed by atoms with van der Waals surface area (Å²) in [6.45, 7) is 5.91. The largest absolute Gasteiger partial charge is 0.494 e. The van der Waals surface area contributed by atoms with E-state index in [-0.39, 0.29) is 18.2 Å². The van der Waals surface area contributed by atoms with Crippen molar-refractivity contribution in [2.24, 2.45) is 0 Å². The molecular formula is C17H24N2O3. The number of hydrogen-bond acceptors (Lipinski definition) is 3. The van der Waals surface area contributed by atoms with Crippen LogP contribution >= 0.6 is 0 Å². The van der Waals surface area contributed by atoms with Crippen LogP contribution in [0.4, 0.5) is 0 Å². The molecule has 22 heavy (non-hydrogen) atoms. The molecule has 120 valence electrons. The molecule has 0 saturated carbocycles. The first-order chi connectivity index (χ1) is 10.6. The summed E-state index contributed by atoms with van der Waals surface area (Å²) in [5, 5.41) is 2.78. The summed E-state index contributed by atoms with van der Waals surface area (Å²) in [5.41, 5.74) is 0.904. The quantitative estimate of drug-likeness (QED) is 0.871. The van der Waals surface area contributed by atoms with Crippen molar-refractivity contribution in [2.75, 3.05) is 19.7 Å². The summed E-state index contributed by atoms with van der Waals surface area (Å²) in [7, 11) is 0. The minimum absolute atomic E-state index is 0.0116. The van der Waals surface area contributed by atoms with E-state index in [1.54, 1.807) is 6.92 Å². The summed E-state index contributed by atoms with van der Waals surface area (Å²) in [4.78, 5) is 26.0. The van der Waals surface area contributed by atoms with Gasteiger partial charge in [-0.05, 0) is 44.4 Å². The number of rotatable bonds is 6. The molecule has 0 aromatic heterocycles. The molecule has 1 aromatic carbocycles. The Morgan fingerprint density at radius 2 is 1.86 bits per heavy atom. The number of ether oxygens (including phenoxy) is 1. The smallest absolute Gasteiger partial charge is 0.244 e. The number of nitrogens with one attached hydrogen (secondary N) is 1. The fraction of sp³-hybridized carbons (Fsp3) is 0.529. The molecule has 1 heterocycles. The van der Waals surface area contributed by atoms with E-state index in [0.29, 0.717) is 6.61 Å². The SMILES string of the molecule is CCOc1ccc(CC(=O)N[C@@H](C)C(=O)N2CCCC2)cc1. The molecule has 0 aliphatic carbocycles. The Hall–Kier alpha value is -2.04. The molecule has 5 heteroatoms. The van der Waals surface area contributed by atoms with Crippen molar-refractivity contribution in [2.45, 2.75) is 39.2 Å². The third-order valence-corrected chi connectivity index (χ3v) is 3.76. The van der Waals surface area contributed by atoms with Crippen LogP contribution < -0.4 is 10.1 Å². The molecule has 2 amide bonds. The average molecular weight is 304 g/mol. The molecule has 5 nitrogen and oxygen atoms in total. The van der Waals surface area contributed by atoms with E-state index in [9.17, 15) is 9.59 Å². The van der Waals surface area contributed by atoms with Gasteiger partial charge in [0.25, 0.3) is 0 Å². The summed E-state index contributed by atoms with van der Waals surface area (Å²) in [5.74, 6) is 0.672. The van der Waals surface area contributed by atoms with Crippen LogP contribution in [0, 0.1) is 0 Å². The van der Waals surface area contributed by atoms with Crippen LogP contribution in [0.25, 0.3) is 0 Å². The lowest BCUT2D eigenvalue weighted by Crippen LogP contribution is -2.46. The van der Waals surface area contributed by atoms with Crippen molar-refractivity contribution in [1.29, 1.82) is 0 Å². The molecule has 1 saturated heterocycles. The lowest BCUT2D eigenvalue weighted by Gasteiger charge is -2.21. The van der Waals surface area contributed by atoms with Crippen molar-refractivity contribution in [1.82, 2.24) is 10.2 Å². The van der Waals surface area contributed by atoms with Crippen LogP contribution in [-0.4, -0.2) is 42.5 Å². The van der Waals surface area contributed by atoms with Crippen LogP contribution in [0.5, 0.6) is 5.75 Å². The number of benzene rings is 1. The van der Waals surface area contributed by atoms with Crippen LogP contribution in [0.15, 0.2) is 24.3 Å². The van der Waals surface area contributed by atoms with Gasteiger partial charge in [-0.2, -0.15) is 0 Å². The maximum atomic E-state index is 12.1. The molecule has 1 aliphatic rings. The Bertz CT molecular complexity index is 507. The highest BCUT2D eigenvalue weighted by Gasteiger charge is 2.24. The summed E-state index contributed by atoms with van der Waals surface area (Å²) in [6.07, 6.45) is 2.38. The molecular weight excluding hydrogens is 280 g/mol. The van der Waals surface area contributed by atoms with E-state index >= 15 is 0 Å². The topological polar surface area (TPSA) is 58.6 Å². The zero-order valence-electron chi connectivity index (χ0n) is 13.3. The second-order valence-electron chi connectivity index (χ2n) is 5.58. The van der Waals surface area contributed by atoms with Crippen molar-refractivity contribution in [3.05, 3.63) is 29.8 Å². The van der Waals surface area contributed by atoms with Gasteiger partial charge in [0.1, 0.15) is 11.8 Å². The van der Waals surface area contributed by atoms with Gasteiger partial charge in [0.05, 0.1) is 13.0 Å². The average Bonchev–Trinajstić information content (AvgIpc) is 3.03. The first kappa shape index (κ1) is 16.3. The summed E-state index contributed by atoms with van der Waals surface area (Å²) >= 11 is 0. The van der Waals surface area contributed by atoms with Crippen molar-refractivity contribution >= 4 is 11.8 Å². The summed E-state index contributed by atoms with van der Waals surface area (Å²) < 4.78 is 5.37. The zero-order valence-corrected chi connectivity index (χ0v) is 13.3. The van der Waals surface area contributed by atoms with Gasteiger partial charge in [-0.1, -0.05) is 12.1 Å². The van der Waals surface area contributed by atoms with E-state index < -0.39 is 6.04 Å². The van der Waals surface area contributed by atoms with Gasteiger partial charge in [-0.15, -0.1) is 0 Å². The number of hydrogen-bond donors (Lipinski definition) is 1. The maximum Gasteiger partial charge on any atom is 0.244 e. The lowest BCUT2D eigenvalue weighted by atomic mass is 10.1. The first-order valence-electron chi connectivity index (χ1n) is 7.90. The number of nitrogens with zero attached hydrogens (tertiary/aromatic N) is 1. The van der Waals surface area contributed by atoms with Crippen LogP contribution in [0.2, 0.25) is 0 Å². The third-order valence-electron chi connectivity index (χ3n) is 3.76. The van der Waals surface area contributed by atoms with Gasteiger partial charge in [0, 0.05) is 13.1 Å². The van der Waals surface area contributed by atoms with E-state index in [2.05, 4.69) is 5.32 Å². The molecule has 2 rings (SSSR count). The van der Waals surface area contributed by atoms with Gasteiger partial charge in [0.15, 0.2) is 0 Å². The zero-order chi connectivity index (χ0) is 15.9. The van der Waals surface area contributed by atoms with E-state index in [1.165, 1.54) is 0 Å². The van der Waals surface area contributed by atoms with Crippen molar-refractivity contribution in [3.63, 3.8) is 0 Å². The van der Waals surface area contributed by atoms with Gasteiger partial charge in [0.2, 0.25) is 11.8 Å². The molecule has 1 N–H and O–H groups in total. The molecule has 0 unspecified atom stereocenters. The van der Waals surface area contributed by atoms with Crippen LogP contribution in [0.1, 0.15) is 32.3 Å². The fourth-order valence-electron chi connectivity index (χ4n) is 2.62. The molecule has 1 aromatic rings. The minimum Gasteiger partial charge on any atom is -0.494 e. The normalized spacial score (nSPS) is 15.5. The molecule has 0 spiro atoms. The monoisotopic (exact) mass is 304 g/mol. The van der Waals surface area contributed by atoms with E-state index in [4.69, 9.17) is 4.74 Å². The molecule has 0 bridgehead atoms. The van der Waals surface area contributed by atoms with Gasteiger partial charge < -0.3 is 15.0 Å². The molecule has 0 radical (unpaired) electrons. The first-order valence-corrected chi connectivity index (χ1v) is 7.90. The highest BCUT2D eigenvalue weighted by Crippen LogP contribution is 2.13. The van der Waals surface area contributed by atoms with E-state index in [1.807, 2.05) is 36.1 Å². The standard InChI is InChI=1S/C17H24N2O3/c1-3-22-15-8-6-14(7-9-15)12-16(20)18-13(2)17(21)19-10-4-5-11-19/h6-9,13H,3-5,10-12H2,1-2H3,(H,18,20)/t13-/m0/s1. The fourth-order valence-corrected chi connectivity index (χ4v) is 2.62. The van der Waals surface area contributed by atoms with Gasteiger partial charge in [-0.25, -0.2) is 0 Å². The predicted octanol–water partition coefficient (Wildman–Crippen LogP) is 1.75. The van der Waals surface area contributed by atoms with Crippen LogP contribution in [0.3, 0.4) is 0 Å². The molecule has 1 aliphatic heterocycles. The lowest BCUT2D eigenvalue weighted by molar-refractivity contribution is -0.134. The van der Waals surface area contributed by atoms with Crippen LogP contribution in [-0.2, 0) is 16.0 Å². The van der Waals surface area contributed by atoms with Crippen molar-refractivity contribution in [3.8, 4) is 5.75 Å². The third kappa shape index (κ3) is 4.48. The molecule has 1 fully saturated rings. The summed E-state index contributed by atoms with van der Waals surface area (Å²) in [6, 6.07) is 6.98. The predicted molar refractivity (Wildman–Crippen MR) is 84.7 cm³/mol. The van der Waals surface area contributed by atoms with Gasteiger partial charge >= 0.3 is 0 Å². The minimum atomic E-state index is -0.465. The number of amides is 2. The highest BCUT2D eigenvalue weighted by atomic mass is 16.5. The number of carbonyl (C=O) groups excluding carboxylic acids is 2.